The van der Waals surface area contributed by atoms with Crippen LogP contribution in [0.25, 0.3) is 0 Å². The minimum Gasteiger partial charge on any atom is -0.339 e. The first kappa shape index (κ1) is 13.5. The molecule has 0 radical (unpaired) electrons. The quantitative estimate of drug-likeness (QED) is 0.847. The van der Waals surface area contributed by atoms with Crippen molar-refractivity contribution < 1.29 is 8.42 Å². The lowest BCUT2D eigenvalue weighted by molar-refractivity contribution is 0.303. The maximum Gasteiger partial charge on any atom is 0.262 e. The van der Waals surface area contributed by atoms with Crippen molar-refractivity contribution in [1.29, 1.82) is 0 Å². The van der Waals surface area contributed by atoms with Crippen molar-refractivity contribution in [3.05, 3.63) is 12.5 Å². The molecule has 18 heavy (non-hydrogen) atoms. The summed E-state index contributed by atoms with van der Waals surface area (Å²) < 4.78 is 27.9. The molecule has 0 amide bonds. The van der Waals surface area contributed by atoms with E-state index in [-0.39, 0.29) is 17.0 Å². The number of hydrogen-bond donors (Lipinski definition) is 1. The molecule has 0 saturated heterocycles. The van der Waals surface area contributed by atoms with Crippen LogP contribution in [0.2, 0.25) is 0 Å². The van der Waals surface area contributed by atoms with E-state index in [4.69, 9.17) is 5.73 Å². The van der Waals surface area contributed by atoms with E-state index in [0.717, 1.165) is 19.3 Å². The molecular weight excluding hydrogens is 252 g/mol. The van der Waals surface area contributed by atoms with Crippen LogP contribution >= 0.6 is 0 Å². The normalized spacial score (nSPS) is 24.9. The number of sulfonamides is 1. The van der Waals surface area contributed by atoms with Crippen LogP contribution in [0.3, 0.4) is 0 Å². The SMILES string of the molecule is CN(C1CCCC1CN)S(=O)(=O)c1cn(C)cn1. The molecule has 0 aliphatic heterocycles. The molecule has 7 heteroatoms. The van der Waals surface area contributed by atoms with Gasteiger partial charge in [-0.1, -0.05) is 6.42 Å². The summed E-state index contributed by atoms with van der Waals surface area (Å²) in [5.74, 6) is 0.258. The first-order valence-electron chi connectivity index (χ1n) is 6.13. The molecular formula is C11H20N4O2S. The van der Waals surface area contributed by atoms with Crippen LogP contribution in [-0.2, 0) is 17.1 Å². The van der Waals surface area contributed by atoms with Gasteiger partial charge in [-0.25, -0.2) is 13.4 Å². The molecule has 6 nitrogen and oxygen atoms in total. The Morgan fingerprint density at radius 3 is 2.83 bits per heavy atom. The van der Waals surface area contributed by atoms with Gasteiger partial charge < -0.3 is 10.3 Å². The van der Waals surface area contributed by atoms with Crippen LogP contribution in [0.15, 0.2) is 17.6 Å². The zero-order chi connectivity index (χ0) is 13.3. The third-order valence-electron chi connectivity index (χ3n) is 3.71. The zero-order valence-corrected chi connectivity index (χ0v) is 11.6. The highest BCUT2D eigenvalue weighted by molar-refractivity contribution is 7.89. The van der Waals surface area contributed by atoms with Gasteiger partial charge in [0.05, 0.1) is 6.33 Å². The van der Waals surface area contributed by atoms with E-state index in [2.05, 4.69) is 4.98 Å². The van der Waals surface area contributed by atoms with Gasteiger partial charge in [-0.2, -0.15) is 4.31 Å². The second-order valence-corrected chi connectivity index (χ2v) is 6.84. The monoisotopic (exact) mass is 272 g/mol. The number of nitrogens with two attached hydrogens (primary N) is 1. The number of rotatable bonds is 4. The number of aromatic nitrogens is 2. The van der Waals surface area contributed by atoms with Crippen LogP contribution < -0.4 is 5.73 Å². The molecule has 1 saturated carbocycles. The highest BCUT2D eigenvalue weighted by Gasteiger charge is 2.36. The fourth-order valence-corrected chi connectivity index (χ4v) is 4.03. The molecule has 1 aliphatic rings. The third-order valence-corrected chi connectivity index (χ3v) is 5.48. The first-order chi connectivity index (χ1) is 8.46. The van der Waals surface area contributed by atoms with Gasteiger partial charge in [0, 0.05) is 26.3 Å². The highest BCUT2D eigenvalue weighted by atomic mass is 32.2. The van der Waals surface area contributed by atoms with Crippen LogP contribution in [0.1, 0.15) is 19.3 Å². The Bertz CT molecular complexity index is 511. The summed E-state index contributed by atoms with van der Waals surface area (Å²) in [5.41, 5.74) is 5.71. The van der Waals surface area contributed by atoms with Crippen molar-refractivity contribution in [2.24, 2.45) is 18.7 Å². The largest absolute Gasteiger partial charge is 0.339 e. The molecule has 102 valence electrons. The van der Waals surface area contributed by atoms with Crippen LogP contribution in [0, 0.1) is 5.92 Å². The van der Waals surface area contributed by atoms with Gasteiger partial charge >= 0.3 is 0 Å². The van der Waals surface area contributed by atoms with E-state index in [1.807, 2.05) is 0 Å². The molecule has 2 rings (SSSR count). The lowest BCUT2D eigenvalue weighted by atomic mass is 10.0. The molecule has 2 N–H and O–H groups in total. The molecule has 2 atom stereocenters. The summed E-state index contributed by atoms with van der Waals surface area (Å²) in [6.07, 6.45) is 5.94. The van der Waals surface area contributed by atoms with Gasteiger partial charge in [0.25, 0.3) is 10.0 Å². The van der Waals surface area contributed by atoms with Crippen molar-refractivity contribution in [2.75, 3.05) is 13.6 Å². The van der Waals surface area contributed by atoms with Crippen LogP contribution in [0.4, 0.5) is 0 Å². The average molecular weight is 272 g/mol. The second kappa shape index (κ2) is 4.99. The highest BCUT2D eigenvalue weighted by Crippen LogP contribution is 2.31. The van der Waals surface area contributed by atoms with Gasteiger partial charge in [-0.15, -0.1) is 0 Å². The summed E-state index contributed by atoms with van der Waals surface area (Å²) >= 11 is 0. The average Bonchev–Trinajstić information content (AvgIpc) is 2.95. The number of nitrogens with zero attached hydrogens (tertiary/aromatic N) is 3. The van der Waals surface area contributed by atoms with E-state index in [1.54, 1.807) is 18.7 Å². The lowest BCUT2D eigenvalue weighted by Gasteiger charge is -2.27. The van der Waals surface area contributed by atoms with E-state index in [0.29, 0.717) is 6.54 Å². The molecule has 2 unspecified atom stereocenters. The maximum absolute atomic E-state index is 12.4. The molecule has 0 bridgehead atoms. The Morgan fingerprint density at radius 1 is 1.56 bits per heavy atom. The standard InChI is InChI=1S/C11H20N4O2S/c1-14-7-11(13-8-14)18(16,17)15(2)10-5-3-4-9(10)6-12/h7-10H,3-6,12H2,1-2H3. The zero-order valence-electron chi connectivity index (χ0n) is 10.8. The number of hydrogen-bond acceptors (Lipinski definition) is 4. The van der Waals surface area contributed by atoms with Crippen molar-refractivity contribution >= 4 is 10.0 Å². The summed E-state index contributed by atoms with van der Waals surface area (Å²) in [6, 6.07) is 0.00186. The Labute approximate surface area is 108 Å². The lowest BCUT2D eigenvalue weighted by Crippen LogP contribution is -2.41. The first-order valence-corrected chi connectivity index (χ1v) is 7.57. The van der Waals surface area contributed by atoms with Crippen molar-refractivity contribution in [3.63, 3.8) is 0 Å². The Hall–Kier alpha value is -0.920. The van der Waals surface area contributed by atoms with Gasteiger partial charge in [0.1, 0.15) is 0 Å². The van der Waals surface area contributed by atoms with Gasteiger partial charge in [0.15, 0.2) is 5.03 Å². The molecule has 1 heterocycles. The molecule has 0 spiro atoms. The number of imidazole rings is 1. The summed E-state index contributed by atoms with van der Waals surface area (Å²) in [5, 5.41) is 0.107. The Kier molecular flexibility index (Phi) is 3.74. The second-order valence-electron chi connectivity index (χ2n) is 4.89. The van der Waals surface area contributed by atoms with Gasteiger partial charge in [-0.3, -0.25) is 0 Å². The summed E-state index contributed by atoms with van der Waals surface area (Å²) in [6.45, 7) is 0.534. The number of aryl methyl sites for hydroxylation is 1. The molecule has 1 aromatic rings. The van der Waals surface area contributed by atoms with Crippen LogP contribution in [0.5, 0.6) is 0 Å². The van der Waals surface area contributed by atoms with Gasteiger partial charge in [-0.05, 0) is 25.3 Å². The van der Waals surface area contributed by atoms with Crippen LogP contribution in [-0.4, -0.2) is 41.9 Å². The topological polar surface area (TPSA) is 81.2 Å². The Balaban J connectivity index is 2.25. The van der Waals surface area contributed by atoms with E-state index < -0.39 is 10.0 Å². The molecule has 1 aliphatic carbocycles. The summed E-state index contributed by atoms with van der Waals surface area (Å²) in [7, 11) is -0.117. The Morgan fingerprint density at radius 2 is 2.28 bits per heavy atom. The third kappa shape index (κ3) is 2.30. The molecule has 1 fully saturated rings. The smallest absolute Gasteiger partial charge is 0.262 e. The molecule has 1 aromatic heterocycles. The van der Waals surface area contributed by atoms with Crippen molar-refractivity contribution in [2.45, 2.75) is 30.3 Å². The predicted octanol–water partition coefficient (Wildman–Crippen LogP) is 0.168. The van der Waals surface area contributed by atoms with Crippen molar-refractivity contribution in [3.8, 4) is 0 Å². The van der Waals surface area contributed by atoms with E-state index in [9.17, 15) is 8.42 Å². The minimum absolute atomic E-state index is 0.00186. The van der Waals surface area contributed by atoms with Gasteiger partial charge in [0.2, 0.25) is 0 Å². The summed E-state index contributed by atoms with van der Waals surface area (Å²) in [4.78, 5) is 3.93. The predicted molar refractivity (Wildman–Crippen MR) is 68.3 cm³/mol. The fraction of sp³-hybridized carbons (Fsp3) is 0.727. The maximum atomic E-state index is 12.4. The minimum atomic E-state index is -3.50. The van der Waals surface area contributed by atoms with Crippen molar-refractivity contribution in [1.82, 2.24) is 13.9 Å². The fourth-order valence-electron chi connectivity index (χ4n) is 2.62. The van der Waals surface area contributed by atoms with E-state index in [1.165, 1.54) is 16.8 Å². The van der Waals surface area contributed by atoms with E-state index >= 15 is 0 Å². The molecule has 0 aromatic carbocycles.